The SMILES string of the molecule is COc1ccc(F)cc1C(=O)CC(C)C. The van der Waals surface area contributed by atoms with Gasteiger partial charge in [0.1, 0.15) is 11.6 Å². The normalized spacial score (nSPS) is 10.5. The van der Waals surface area contributed by atoms with Crippen LogP contribution in [0.5, 0.6) is 5.75 Å². The fourth-order valence-electron chi connectivity index (χ4n) is 1.38. The highest BCUT2D eigenvalue weighted by molar-refractivity contribution is 5.98. The van der Waals surface area contributed by atoms with E-state index in [1.54, 1.807) is 0 Å². The molecule has 1 aromatic carbocycles. The van der Waals surface area contributed by atoms with Gasteiger partial charge in [-0.25, -0.2) is 4.39 Å². The van der Waals surface area contributed by atoms with Gasteiger partial charge in [-0.2, -0.15) is 0 Å². The van der Waals surface area contributed by atoms with Crippen molar-refractivity contribution in [3.05, 3.63) is 29.6 Å². The van der Waals surface area contributed by atoms with E-state index in [-0.39, 0.29) is 11.7 Å². The summed E-state index contributed by atoms with van der Waals surface area (Å²) in [5, 5.41) is 0. The third-order valence-electron chi connectivity index (χ3n) is 2.06. The molecule has 0 unspecified atom stereocenters. The smallest absolute Gasteiger partial charge is 0.166 e. The highest BCUT2D eigenvalue weighted by Crippen LogP contribution is 2.22. The van der Waals surface area contributed by atoms with Crippen LogP contribution in [0.2, 0.25) is 0 Å². The van der Waals surface area contributed by atoms with Gasteiger partial charge in [-0.1, -0.05) is 13.8 Å². The van der Waals surface area contributed by atoms with Gasteiger partial charge in [0, 0.05) is 6.42 Å². The third kappa shape index (κ3) is 3.05. The number of rotatable bonds is 4. The van der Waals surface area contributed by atoms with Crippen LogP contribution >= 0.6 is 0 Å². The van der Waals surface area contributed by atoms with Crippen LogP contribution in [0.4, 0.5) is 4.39 Å². The van der Waals surface area contributed by atoms with Crippen LogP contribution in [0.3, 0.4) is 0 Å². The Balaban J connectivity index is 3.00. The molecule has 3 heteroatoms. The minimum Gasteiger partial charge on any atom is -0.496 e. The van der Waals surface area contributed by atoms with Gasteiger partial charge in [0.25, 0.3) is 0 Å². The molecule has 0 saturated carbocycles. The monoisotopic (exact) mass is 210 g/mol. The number of carbonyl (C=O) groups excluding carboxylic acids is 1. The zero-order valence-electron chi connectivity index (χ0n) is 9.21. The number of ketones is 1. The summed E-state index contributed by atoms with van der Waals surface area (Å²) in [5.74, 6) is 0.191. The van der Waals surface area contributed by atoms with Crippen molar-refractivity contribution in [2.45, 2.75) is 20.3 Å². The molecule has 0 aromatic heterocycles. The summed E-state index contributed by atoms with van der Waals surface area (Å²) in [6, 6.07) is 3.98. The van der Waals surface area contributed by atoms with Crippen LogP contribution in [0.25, 0.3) is 0 Å². The van der Waals surface area contributed by atoms with E-state index in [0.29, 0.717) is 17.7 Å². The average Bonchev–Trinajstić information content (AvgIpc) is 2.16. The number of hydrogen-bond acceptors (Lipinski definition) is 2. The van der Waals surface area contributed by atoms with Gasteiger partial charge in [0.15, 0.2) is 5.78 Å². The molecule has 2 nitrogen and oxygen atoms in total. The van der Waals surface area contributed by atoms with Crippen molar-refractivity contribution in [3.8, 4) is 5.75 Å². The summed E-state index contributed by atoms with van der Waals surface area (Å²) in [6.07, 6.45) is 0.403. The zero-order chi connectivity index (χ0) is 11.4. The summed E-state index contributed by atoms with van der Waals surface area (Å²) >= 11 is 0. The van der Waals surface area contributed by atoms with E-state index >= 15 is 0 Å². The molecule has 0 aliphatic carbocycles. The lowest BCUT2D eigenvalue weighted by molar-refractivity contribution is 0.0964. The number of hydrogen-bond donors (Lipinski definition) is 0. The molecule has 0 aliphatic rings. The van der Waals surface area contributed by atoms with Gasteiger partial charge >= 0.3 is 0 Å². The van der Waals surface area contributed by atoms with Crippen molar-refractivity contribution in [1.82, 2.24) is 0 Å². The number of halogens is 1. The van der Waals surface area contributed by atoms with E-state index < -0.39 is 5.82 Å². The maximum atomic E-state index is 13.0. The Labute approximate surface area is 89.1 Å². The van der Waals surface area contributed by atoms with Crippen molar-refractivity contribution < 1.29 is 13.9 Å². The minimum absolute atomic E-state index is 0.0821. The molecule has 1 aromatic rings. The standard InChI is InChI=1S/C12H15FO2/c1-8(2)6-11(14)10-7-9(13)4-5-12(10)15-3/h4-5,7-8H,6H2,1-3H3. The second-order valence-electron chi connectivity index (χ2n) is 3.87. The minimum atomic E-state index is -0.414. The molecule has 0 saturated heterocycles. The van der Waals surface area contributed by atoms with Gasteiger partial charge in [0.05, 0.1) is 12.7 Å². The lowest BCUT2D eigenvalue weighted by Gasteiger charge is -2.08. The average molecular weight is 210 g/mol. The molecule has 0 bridgehead atoms. The predicted octanol–water partition coefficient (Wildman–Crippen LogP) is 3.06. The number of carbonyl (C=O) groups is 1. The van der Waals surface area contributed by atoms with Gasteiger partial charge in [-0.05, 0) is 24.1 Å². The summed E-state index contributed by atoms with van der Waals surface area (Å²) in [7, 11) is 1.47. The number of Topliss-reactive ketones (excluding diaryl/α,β-unsaturated/α-hetero) is 1. The lowest BCUT2D eigenvalue weighted by atomic mass is 10.0. The van der Waals surface area contributed by atoms with Crippen LogP contribution in [0.1, 0.15) is 30.6 Å². The molecule has 1 rings (SSSR count). The maximum Gasteiger partial charge on any atom is 0.166 e. The first-order valence-electron chi connectivity index (χ1n) is 4.91. The second kappa shape index (κ2) is 4.91. The Bertz CT molecular complexity index is 359. The molecular formula is C12H15FO2. The van der Waals surface area contributed by atoms with Crippen LogP contribution in [0.15, 0.2) is 18.2 Å². The van der Waals surface area contributed by atoms with Crippen molar-refractivity contribution >= 4 is 5.78 Å². The molecule has 0 N–H and O–H groups in total. The van der Waals surface area contributed by atoms with Crippen molar-refractivity contribution in [2.75, 3.05) is 7.11 Å². The molecule has 0 spiro atoms. The molecule has 0 aliphatic heterocycles. The topological polar surface area (TPSA) is 26.3 Å². The number of benzene rings is 1. The van der Waals surface area contributed by atoms with E-state index in [1.807, 2.05) is 13.8 Å². The molecular weight excluding hydrogens is 195 g/mol. The highest BCUT2D eigenvalue weighted by atomic mass is 19.1. The van der Waals surface area contributed by atoms with Crippen LogP contribution in [-0.4, -0.2) is 12.9 Å². The Morgan fingerprint density at radius 1 is 1.47 bits per heavy atom. The Morgan fingerprint density at radius 2 is 2.13 bits per heavy atom. The summed E-state index contributed by atoms with van der Waals surface area (Å²) in [6.45, 7) is 3.90. The molecule has 15 heavy (non-hydrogen) atoms. The highest BCUT2D eigenvalue weighted by Gasteiger charge is 2.14. The molecule has 0 atom stereocenters. The Hall–Kier alpha value is -1.38. The molecule has 0 fully saturated rings. The van der Waals surface area contributed by atoms with E-state index in [1.165, 1.54) is 25.3 Å². The maximum absolute atomic E-state index is 13.0. The molecule has 82 valence electrons. The first kappa shape index (κ1) is 11.7. The Kier molecular flexibility index (Phi) is 3.83. The number of methoxy groups -OCH3 is 1. The first-order chi connectivity index (χ1) is 7.04. The van der Waals surface area contributed by atoms with Crippen LogP contribution in [-0.2, 0) is 0 Å². The fraction of sp³-hybridized carbons (Fsp3) is 0.417. The molecule has 0 heterocycles. The lowest BCUT2D eigenvalue weighted by Crippen LogP contribution is -2.06. The second-order valence-corrected chi connectivity index (χ2v) is 3.87. The zero-order valence-corrected chi connectivity index (χ0v) is 9.21. The van der Waals surface area contributed by atoms with Crippen molar-refractivity contribution in [3.63, 3.8) is 0 Å². The molecule has 0 radical (unpaired) electrons. The van der Waals surface area contributed by atoms with Crippen molar-refractivity contribution in [2.24, 2.45) is 5.92 Å². The van der Waals surface area contributed by atoms with Crippen LogP contribution in [0, 0.1) is 11.7 Å². The van der Waals surface area contributed by atoms with E-state index in [4.69, 9.17) is 4.74 Å². The third-order valence-corrected chi connectivity index (χ3v) is 2.06. The van der Waals surface area contributed by atoms with Gasteiger partial charge in [-0.15, -0.1) is 0 Å². The summed E-state index contributed by atoms with van der Waals surface area (Å²) in [5.41, 5.74) is 0.325. The number of ether oxygens (including phenoxy) is 1. The van der Waals surface area contributed by atoms with Crippen molar-refractivity contribution in [1.29, 1.82) is 0 Å². The van der Waals surface area contributed by atoms with Gasteiger partial charge in [-0.3, -0.25) is 4.79 Å². The fourth-order valence-corrected chi connectivity index (χ4v) is 1.38. The summed E-state index contributed by atoms with van der Waals surface area (Å²) < 4.78 is 18.0. The van der Waals surface area contributed by atoms with E-state index in [9.17, 15) is 9.18 Å². The van der Waals surface area contributed by atoms with E-state index in [0.717, 1.165) is 0 Å². The first-order valence-corrected chi connectivity index (χ1v) is 4.91. The quantitative estimate of drug-likeness (QED) is 0.714. The summed E-state index contributed by atoms with van der Waals surface area (Å²) in [4.78, 5) is 11.7. The Morgan fingerprint density at radius 3 is 2.67 bits per heavy atom. The predicted molar refractivity (Wildman–Crippen MR) is 56.7 cm³/mol. The molecule has 0 amide bonds. The van der Waals surface area contributed by atoms with E-state index in [2.05, 4.69) is 0 Å². The van der Waals surface area contributed by atoms with Gasteiger partial charge in [0.2, 0.25) is 0 Å². The van der Waals surface area contributed by atoms with Gasteiger partial charge < -0.3 is 4.74 Å². The van der Waals surface area contributed by atoms with Crippen LogP contribution < -0.4 is 4.74 Å². The largest absolute Gasteiger partial charge is 0.496 e.